The maximum atomic E-state index is 14.0. The van der Waals surface area contributed by atoms with Gasteiger partial charge in [0.05, 0.1) is 24.6 Å². The first-order chi connectivity index (χ1) is 15.2. The molecule has 158 valence electrons. The summed E-state index contributed by atoms with van der Waals surface area (Å²) < 4.78 is 21.0. The molecule has 1 N–H and O–H groups in total. The van der Waals surface area contributed by atoms with E-state index in [1.54, 1.807) is 30.3 Å². The molecule has 4 aromatic rings. The lowest BCUT2D eigenvalue weighted by molar-refractivity contribution is -0.113. The molecule has 0 saturated carbocycles. The molecule has 0 spiro atoms. The molecule has 0 aliphatic rings. The van der Waals surface area contributed by atoms with Crippen molar-refractivity contribution in [3.8, 4) is 5.75 Å². The first kappa shape index (κ1) is 20.7. The fraction of sp³-hybridized carbons (Fsp3) is 0.190. The zero-order valence-corrected chi connectivity index (χ0v) is 17.5. The van der Waals surface area contributed by atoms with E-state index in [1.165, 1.54) is 28.8 Å². The molecule has 0 aliphatic heterocycles. The van der Waals surface area contributed by atoms with E-state index in [0.29, 0.717) is 39.8 Å². The number of thioether (sulfide) groups is 1. The number of anilines is 1. The molecule has 0 atom stereocenters. The third-order valence-electron chi connectivity index (χ3n) is 4.35. The van der Waals surface area contributed by atoms with E-state index < -0.39 is 0 Å². The molecule has 10 heteroatoms. The Morgan fingerprint density at radius 1 is 1.16 bits per heavy atom. The smallest absolute Gasteiger partial charge is 0.234 e. The van der Waals surface area contributed by atoms with Crippen LogP contribution in [-0.2, 0) is 11.3 Å². The van der Waals surface area contributed by atoms with Crippen LogP contribution in [0.15, 0.2) is 59.9 Å². The largest absolute Gasteiger partial charge is 0.492 e. The van der Waals surface area contributed by atoms with E-state index in [-0.39, 0.29) is 24.0 Å². The third-order valence-corrected chi connectivity index (χ3v) is 5.32. The molecule has 8 nitrogen and oxygen atoms in total. The van der Waals surface area contributed by atoms with Crippen molar-refractivity contribution < 1.29 is 13.9 Å². The Morgan fingerprint density at radius 3 is 2.81 bits per heavy atom. The van der Waals surface area contributed by atoms with E-state index in [2.05, 4.69) is 25.6 Å². The second kappa shape index (κ2) is 9.52. The second-order valence-electron chi connectivity index (χ2n) is 6.46. The molecule has 2 heterocycles. The van der Waals surface area contributed by atoms with Gasteiger partial charge in [-0.3, -0.25) is 4.79 Å². The van der Waals surface area contributed by atoms with Crippen LogP contribution >= 0.6 is 11.8 Å². The molecule has 0 unspecified atom stereocenters. The summed E-state index contributed by atoms with van der Waals surface area (Å²) in [7, 11) is 0. The van der Waals surface area contributed by atoms with E-state index in [9.17, 15) is 9.18 Å². The molecule has 1 amide bonds. The van der Waals surface area contributed by atoms with Crippen molar-refractivity contribution in [1.82, 2.24) is 25.0 Å². The van der Waals surface area contributed by atoms with Gasteiger partial charge in [0, 0.05) is 5.56 Å². The summed E-state index contributed by atoms with van der Waals surface area (Å²) in [5.74, 6) is 0.206. The Hall–Kier alpha value is -3.53. The summed E-state index contributed by atoms with van der Waals surface area (Å²) in [6, 6.07) is 13.7. The third kappa shape index (κ3) is 4.80. The minimum absolute atomic E-state index is 0.118. The maximum Gasteiger partial charge on any atom is 0.234 e. The predicted molar refractivity (Wildman–Crippen MR) is 116 cm³/mol. The first-order valence-electron chi connectivity index (χ1n) is 9.57. The minimum atomic E-state index is -0.321. The highest BCUT2D eigenvalue weighted by Crippen LogP contribution is 2.26. The quantitative estimate of drug-likeness (QED) is 0.332. The maximum absolute atomic E-state index is 14.0. The number of nitrogens with one attached hydrogen (secondary N) is 1. The number of carbonyl (C=O) groups is 1. The fourth-order valence-corrected chi connectivity index (χ4v) is 3.67. The molecule has 0 aliphatic carbocycles. The Labute approximate surface area is 181 Å². The van der Waals surface area contributed by atoms with Crippen molar-refractivity contribution in [2.24, 2.45) is 0 Å². The Morgan fingerprint density at radius 2 is 1.97 bits per heavy atom. The fourth-order valence-electron chi connectivity index (χ4n) is 2.94. The van der Waals surface area contributed by atoms with Crippen molar-refractivity contribution in [2.75, 3.05) is 17.7 Å². The summed E-state index contributed by atoms with van der Waals surface area (Å²) in [4.78, 5) is 20.9. The molecule has 0 saturated heterocycles. The zero-order chi connectivity index (χ0) is 21.6. The molecule has 2 aromatic carbocycles. The molecule has 0 fully saturated rings. The highest BCUT2D eigenvalue weighted by atomic mass is 32.2. The predicted octanol–water partition coefficient (Wildman–Crippen LogP) is 3.54. The lowest BCUT2D eigenvalue weighted by Crippen LogP contribution is -2.15. The van der Waals surface area contributed by atoms with E-state index in [1.807, 2.05) is 19.1 Å². The number of ether oxygens (including phenoxy) is 1. The molecule has 0 radical (unpaired) electrons. The monoisotopic (exact) mass is 438 g/mol. The van der Waals surface area contributed by atoms with Crippen LogP contribution in [0, 0.1) is 5.82 Å². The molecule has 31 heavy (non-hydrogen) atoms. The van der Waals surface area contributed by atoms with E-state index in [4.69, 9.17) is 4.74 Å². The minimum Gasteiger partial charge on any atom is -0.492 e. The summed E-state index contributed by atoms with van der Waals surface area (Å²) >= 11 is 1.23. The highest BCUT2D eigenvalue weighted by Gasteiger charge is 2.15. The summed E-state index contributed by atoms with van der Waals surface area (Å²) in [6.07, 6.45) is 1.38. The lowest BCUT2D eigenvalue weighted by Gasteiger charge is -2.11. The number of para-hydroxylation sites is 2. The van der Waals surface area contributed by atoms with Crippen LogP contribution in [0.25, 0.3) is 11.2 Å². The second-order valence-corrected chi connectivity index (χ2v) is 7.42. The number of rotatable bonds is 8. The Bertz CT molecular complexity index is 1220. The number of benzene rings is 2. The van der Waals surface area contributed by atoms with Gasteiger partial charge >= 0.3 is 0 Å². The standard InChI is InChI=1S/C21H19FN6O2S/c1-2-30-17-10-6-5-9-16(17)25-18(29)12-31-21-19-20(23-13-24-21)28(27-26-19)11-14-7-3-4-8-15(14)22/h3-10,13H,2,11-12H2,1H3,(H,25,29). The van der Waals surface area contributed by atoms with Crippen LogP contribution in [-0.4, -0.2) is 43.2 Å². The normalized spacial score (nSPS) is 10.9. The molecular formula is C21H19FN6O2S. The van der Waals surface area contributed by atoms with Gasteiger partial charge in [0.25, 0.3) is 0 Å². The number of amides is 1. The number of carbonyl (C=O) groups excluding carboxylic acids is 1. The van der Waals surface area contributed by atoms with Gasteiger partial charge < -0.3 is 10.1 Å². The number of nitrogens with zero attached hydrogens (tertiary/aromatic N) is 5. The summed E-state index contributed by atoms with van der Waals surface area (Å²) in [6.45, 7) is 2.58. The van der Waals surface area contributed by atoms with Crippen LogP contribution in [0.5, 0.6) is 5.75 Å². The van der Waals surface area contributed by atoms with Gasteiger partial charge in [0.15, 0.2) is 11.2 Å². The SMILES string of the molecule is CCOc1ccccc1NC(=O)CSc1ncnc2c1nnn2Cc1ccccc1F. The number of hydrogen-bond donors (Lipinski definition) is 1. The van der Waals surface area contributed by atoms with Gasteiger partial charge in [-0.25, -0.2) is 19.0 Å². The van der Waals surface area contributed by atoms with Crippen molar-refractivity contribution in [3.05, 3.63) is 66.2 Å². The van der Waals surface area contributed by atoms with Gasteiger partial charge in [0.2, 0.25) is 5.91 Å². The van der Waals surface area contributed by atoms with Gasteiger partial charge in [-0.05, 0) is 25.1 Å². The number of halogens is 1. The molecule has 4 rings (SSSR count). The van der Waals surface area contributed by atoms with Gasteiger partial charge in [-0.15, -0.1) is 5.10 Å². The molecule has 0 bridgehead atoms. The van der Waals surface area contributed by atoms with Crippen LogP contribution < -0.4 is 10.1 Å². The van der Waals surface area contributed by atoms with Crippen LogP contribution in [0.3, 0.4) is 0 Å². The van der Waals surface area contributed by atoms with E-state index >= 15 is 0 Å². The Kier molecular flexibility index (Phi) is 6.37. The molecule has 2 aromatic heterocycles. The Balaban J connectivity index is 1.46. The lowest BCUT2D eigenvalue weighted by atomic mass is 10.2. The van der Waals surface area contributed by atoms with Crippen LogP contribution in [0.4, 0.5) is 10.1 Å². The topological polar surface area (TPSA) is 94.8 Å². The highest BCUT2D eigenvalue weighted by molar-refractivity contribution is 8.00. The van der Waals surface area contributed by atoms with Crippen LogP contribution in [0.1, 0.15) is 12.5 Å². The zero-order valence-electron chi connectivity index (χ0n) is 16.7. The summed E-state index contributed by atoms with van der Waals surface area (Å²) in [5.41, 5.74) is 2.03. The molecular weight excluding hydrogens is 419 g/mol. The average molecular weight is 438 g/mol. The van der Waals surface area contributed by atoms with Gasteiger partial charge in [0.1, 0.15) is 22.9 Å². The van der Waals surface area contributed by atoms with Crippen molar-refractivity contribution in [3.63, 3.8) is 0 Å². The van der Waals surface area contributed by atoms with Crippen molar-refractivity contribution in [2.45, 2.75) is 18.5 Å². The number of fused-ring (bicyclic) bond motifs is 1. The van der Waals surface area contributed by atoms with E-state index in [0.717, 1.165) is 0 Å². The first-order valence-corrected chi connectivity index (χ1v) is 10.6. The van der Waals surface area contributed by atoms with Gasteiger partial charge in [-0.2, -0.15) is 0 Å². The summed E-state index contributed by atoms with van der Waals surface area (Å²) in [5, 5.41) is 11.6. The number of hydrogen-bond acceptors (Lipinski definition) is 7. The van der Waals surface area contributed by atoms with Crippen LogP contribution in [0.2, 0.25) is 0 Å². The average Bonchev–Trinajstić information content (AvgIpc) is 3.19. The number of aromatic nitrogens is 5. The van der Waals surface area contributed by atoms with Crippen molar-refractivity contribution >= 4 is 34.5 Å². The van der Waals surface area contributed by atoms with Gasteiger partial charge in [-0.1, -0.05) is 47.3 Å². The van der Waals surface area contributed by atoms with Crippen molar-refractivity contribution in [1.29, 1.82) is 0 Å².